The Hall–Kier alpha value is -3.91. The summed E-state index contributed by atoms with van der Waals surface area (Å²) >= 11 is 0. The van der Waals surface area contributed by atoms with Gasteiger partial charge in [0.15, 0.2) is 0 Å². The molecule has 3 heterocycles. The summed E-state index contributed by atoms with van der Waals surface area (Å²) in [6.07, 6.45) is 8.12. The number of methoxy groups -OCH3 is 1. The number of hydrogen-bond acceptors (Lipinski definition) is 10. The van der Waals surface area contributed by atoms with Crippen molar-refractivity contribution in [2.75, 3.05) is 13.7 Å². The van der Waals surface area contributed by atoms with E-state index < -0.39 is 50.3 Å². The van der Waals surface area contributed by atoms with E-state index in [0.717, 1.165) is 31.2 Å². The van der Waals surface area contributed by atoms with E-state index in [2.05, 4.69) is 10.0 Å². The van der Waals surface area contributed by atoms with Crippen LogP contribution in [0.2, 0.25) is 0 Å². The Morgan fingerprint density at radius 1 is 1.16 bits per heavy atom. The van der Waals surface area contributed by atoms with Crippen molar-refractivity contribution in [2.45, 2.75) is 120 Å². The van der Waals surface area contributed by atoms with Crippen LogP contribution in [-0.4, -0.2) is 84.3 Å². The zero-order chi connectivity index (χ0) is 36.0. The number of nitrogens with one attached hydrogen (secondary N) is 2. The second-order valence-corrected chi connectivity index (χ2v) is 16.9. The lowest BCUT2D eigenvalue weighted by molar-refractivity contribution is -0.140. The number of aromatic nitrogens is 1. The van der Waals surface area contributed by atoms with Crippen molar-refractivity contribution < 1.29 is 37.0 Å². The Balaban J connectivity index is 1.31. The number of rotatable bonds is 8. The number of carbonyl (C=O) groups excluding carboxylic acids is 3. The molecule has 0 spiro atoms. The van der Waals surface area contributed by atoms with Gasteiger partial charge in [0.25, 0.3) is 5.91 Å². The van der Waals surface area contributed by atoms with Crippen molar-refractivity contribution >= 4 is 38.6 Å². The fourth-order valence-electron chi connectivity index (χ4n) is 7.00. The van der Waals surface area contributed by atoms with Crippen molar-refractivity contribution in [1.82, 2.24) is 19.9 Å². The molecule has 5 atom stereocenters. The molecule has 4 N–H and O–H groups in total. The van der Waals surface area contributed by atoms with Crippen molar-refractivity contribution in [2.24, 2.45) is 11.7 Å². The van der Waals surface area contributed by atoms with Gasteiger partial charge in [0.05, 0.1) is 36.1 Å². The highest BCUT2D eigenvalue weighted by atomic mass is 32.2. The Kier molecular flexibility index (Phi) is 9.81. The van der Waals surface area contributed by atoms with Crippen molar-refractivity contribution in [3.63, 3.8) is 0 Å². The van der Waals surface area contributed by atoms with Crippen LogP contribution in [0.5, 0.6) is 17.4 Å². The second-order valence-electron chi connectivity index (χ2n) is 14.7. The molecule has 4 aliphatic rings. The number of nitrogens with two attached hydrogens (primary N) is 1. The van der Waals surface area contributed by atoms with Gasteiger partial charge in [-0.25, -0.2) is 13.4 Å². The number of carbonyl (C=O) groups is 3. The monoisotopic (exact) mass is 711 g/mol. The average Bonchev–Trinajstić information content (AvgIpc) is 3.94. The maximum atomic E-state index is 14.2. The van der Waals surface area contributed by atoms with Crippen LogP contribution < -0.4 is 30.0 Å². The molecule has 3 fully saturated rings. The van der Waals surface area contributed by atoms with Crippen LogP contribution in [0.1, 0.15) is 84.1 Å². The Labute approximate surface area is 293 Å². The quantitative estimate of drug-likeness (QED) is 0.344. The molecular formula is C36H49N5O8S. The summed E-state index contributed by atoms with van der Waals surface area (Å²) in [5.74, 6) is -0.584. The van der Waals surface area contributed by atoms with Gasteiger partial charge in [0.1, 0.15) is 29.2 Å². The molecular weight excluding hydrogens is 662 g/mol. The maximum Gasteiger partial charge on any atom is 0.259 e. The fourth-order valence-corrected chi connectivity index (χ4v) is 8.31. The summed E-state index contributed by atoms with van der Waals surface area (Å²) in [5, 5.41) is 3.62. The maximum absolute atomic E-state index is 14.2. The molecule has 2 aromatic rings. The fraction of sp³-hybridized carbons (Fsp3) is 0.611. The number of hydrogen-bond donors (Lipinski definition) is 3. The summed E-state index contributed by atoms with van der Waals surface area (Å²) in [4.78, 5) is 48.0. The Morgan fingerprint density at radius 3 is 2.62 bits per heavy atom. The molecule has 1 aromatic carbocycles. The molecule has 1 aromatic heterocycles. The summed E-state index contributed by atoms with van der Waals surface area (Å²) in [5.41, 5.74) is 6.41. The van der Waals surface area contributed by atoms with Crippen LogP contribution >= 0.6 is 0 Å². The molecule has 6 rings (SSSR count). The highest BCUT2D eigenvalue weighted by molar-refractivity contribution is 7.91. The highest BCUT2D eigenvalue weighted by Gasteiger charge is 2.63. The lowest BCUT2D eigenvalue weighted by atomic mass is 10.1. The van der Waals surface area contributed by atoms with E-state index >= 15 is 0 Å². The first-order valence-corrected chi connectivity index (χ1v) is 19.1. The first-order valence-electron chi connectivity index (χ1n) is 17.6. The van der Waals surface area contributed by atoms with Crippen molar-refractivity contribution in [1.29, 1.82) is 0 Å². The summed E-state index contributed by atoms with van der Waals surface area (Å²) in [7, 11) is -2.35. The minimum absolute atomic E-state index is 0.0825. The minimum Gasteiger partial charge on any atom is -0.496 e. The number of sulfonamides is 1. The minimum atomic E-state index is -3.94. The van der Waals surface area contributed by atoms with Gasteiger partial charge in [-0.3, -0.25) is 19.1 Å². The predicted octanol–water partition coefficient (Wildman–Crippen LogP) is 3.41. The molecule has 2 aliphatic heterocycles. The molecule has 2 aliphatic carbocycles. The number of benzene rings is 1. The van der Waals surface area contributed by atoms with Gasteiger partial charge in [-0.05, 0) is 78.4 Å². The zero-order valence-electron chi connectivity index (χ0n) is 29.5. The van der Waals surface area contributed by atoms with Gasteiger partial charge >= 0.3 is 0 Å². The van der Waals surface area contributed by atoms with Crippen LogP contribution in [0.4, 0.5) is 0 Å². The van der Waals surface area contributed by atoms with E-state index in [1.54, 1.807) is 20.1 Å². The van der Waals surface area contributed by atoms with Gasteiger partial charge < -0.3 is 30.2 Å². The number of aryl methyl sites for hydroxylation is 1. The van der Waals surface area contributed by atoms with Crippen LogP contribution in [0.15, 0.2) is 30.4 Å². The van der Waals surface area contributed by atoms with E-state index in [1.165, 1.54) is 4.90 Å². The van der Waals surface area contributed by atoms with E-state index in [0.29, 0.717) is 47.5 Å². The molecule has 0 radical (unpaired) electrons. The standard InChI is InChI=1S/C36H49N5O8S/c1-21(2)48-30-18-29(25-13-14-28(47-5)22(3)31(25)38-30)49-24-17-27-32(42)39-36(34(44)40-50(45,46)35(4)15-16-35)19-23(36)11-9-7-6-8-10-12-26(37)33(43)41(27)20-24/h9,11,13-14,18,21,23-24,26-27H,6-8,10,12,15-17,19-20,37H2,1-5H3,(H,39,42)(H,40,44)/b11-9-/t23-,24-,26+,27+,36-/m1/s1. The van der Waals surface area contributed by atoms with Gasteiger partial charge in [-0.2, -0.15) is 0 Å². The largest absolute Gasteiger partial charge is 0.496 e. The SMILES string of the molecule is COc1ccc2c(O[C@@H]3C[C@H]4C(=O)N[C@]5(C(=O)NS(=O)(=O)C6(C)CC6)C[C@H]5/C=C\CCCCC[C@H](N)C(=O)N4C3)cc(OC(C)C)nc2c1C. The van der Waals surface area contributed by atoms with Crippen LogP contribution in [0.25, 0.3) is 10.9 Å². The molecule has 14 heteroatoms. The molecule has 1 saturated heterocycles. The molecule has 272 valence electrons. The molecule has 0 unspecified atom stereocenters. The van der Waals surface area contributed by atoms with E-state index in [4.69, 9.17) is 24.9 Å². The average molecular weight is 712 g/mol. The number of allylic oxidation sites excluding steroid dienone is 1. The highest BCUT2D eigenvalue weighted by Crippen LogP contribution is 2.47. The normalized spacial score (nSPS) is 28.8. The smallest absolute Gasteiger partial charge is 0.259 e. The van der Waals surface area contributed by atoms with Crippen LogP contribution in [0.3, 0.4) is 0 Å². The molecule has 3 amide bonds. The van der Waals surface area contributed by atoms with E-state index in [1.807, 2.05) is 45.1 Å². The van der Waals surface area contributed by atoms with Gasteiger partial charge in [-0.1, -0.05) is 25.0 Å². The number of nitrogens with zero attached hydrogens (tertiary/aromatic N) is 2. The molecule has 2 saturated carbocycles. The number of fused-ring (bicyclic) bond motifs is 3. The lowest BCUT2D eigenvalue weighted by Crippen LogP contribution is -2.58. The third-order valence-corrected chi connectivity index (χ3v) is 12.7. The summed E-state index contributed by atoms with van der Waals surface area (Å²) in [6.45, 7) is 7.38. The zero-order valence-corrected chi connectivity index (χ0v) is 30.3. The van der Waals surface area contributed by atoms with Crippen LogP contribution in [-0.2, 0) is 24.4 Å². The Morgan fingerprint density at radius 2 is 1.92 bits per heavy atom. The van der Waals surface area contributed by atoms with E-state index in [9.17, 15) is 22.8 Å². The molecule has 0 bridgehead atoms. The first kappa shape index (κ1) is 35.9. The summed E-state index contributed by atoms with van der Waals surface area (Å²) in [6, 6.07) is 3.57. The van der Waals surface area contributed by atoms with Gasteiger partial charge in [0, 0.05) is 29.4 Å². The summed E-state index contributed by atoms with van der Waals surface area (Å²) < 4.78 is 45.5. The Bertz CT molecular complexity index is 1810. The third-order valence-electron chi connectivity index (χ3n) is 10.5. The van der Waals surface area contributed by atoms with Crippen LogP contribution in [0, 0.1) is 12.8 Å². The predicted molar refractivity (Wildman–Crippen MR) is 187 cm³/mol. The number of ether oxygens (including phenoxy) is 3. The first-order chi connectivity index (χ1) is 23.7. The molecule has 50 heavy (non-hydrogen) atoms. The topological polar surface area (TPSA) is 179 Å². The van der Waals surface area contributed by atoms with Crippen molar-refractivity contribution in [3.8, 4) is 17.4 Å². The number of pyridine rings is 1. The van der Waals surface area contributed by atoms with Gasteiger partial charge in [0.2, 0.25) is 27.7 Å². The lowest BCUT2D eigenvalue weighted by Gasteiger charge is -2.28. The second kappa shape index (κ2) is 13.7. The van der Waals surface area contributed by atoms with E-state index in [-0.39, 0.29) is 37.3 Å². The molecule has 13 nitrogen and oxygen atoms in total. The number of amides is 3. The van der Waals surface area contributed by atoms with Gasteiger partial charge in [-0.15, -0.1) is 0 Å². The third kappa shape index (κ3) is 7.01. The van der Waals surface area contributed by atoms with Crippen molar-refractivity contribution in [3.05, 3.63) is 35.9 Å².